The van der Waals surface area contributed by atoms with E-state index in [1.807, 2.05) is 38.1 Å². The third kappa shape index (κ3) is 4.74. The average Bonchev–Trinajstić information content (AvgIpc) is 3.03. The van der Waals surface area contributed by atoms with Crippen LogP contribution < -0.4 is 11.1 Å². The van der Waals surface area contributed by atoms with Crippen molar-refractivity contribution in [2.24, 2.45) is 0 Å². The molecular weight excluding hydrogens is 354 g/mol. The largest absolute Gasteiger partial charge is 0.399 e. The van der Waals surface area contributed by atoms with Gasteiger partial charge in [0, 0.05) is 17.7 Å². The molecule has 0 bridgehead atoms. The van der Waals surface area contributed by atoms with Crippen LogP contribution in [0.5, 0.6) is 0 Å². The molecule has 1 amide bonds. The number of para-hydroxylation sites is 1. The molecule has 0 saturated heterocycles. The lowest BCUT2D eigenvalue weighted by atomic mass is 10.1. The summed E-state index contributed by atoms with van der Waals surface area (Å²) in [5.41, 5.74) is 11.0. The molecule has 0 spiro atoms. The number of anilines is 1. The van der Waals surface area contributed by atoms with Crippen molar-refractivity contribution >= 4 is 22.9 Å². The van der Waals surface area contributed by atoms with E-state index in [2.05, 4.69) is 36.5 Å². The lowest BCUT2D eigenvalue weighted by Gasteiger charge is -2.13. The fourth-order valence-electron chi connectivity index (χ4n) is 3.02. The van der Waals surface area contributed by atoms with E-state index in [1.165, 1.54) is 5.56 Å². The minimum Gasteiger partial charge on any atom is -0.399 e. The highest BCUT2D eigenvalue weighted by Crippen LogP contribution is 2.32. The van der Waals surface area contributed by atoms with Crippen molar-refractivity contribution in [1.82, 2.24) is 10.3 Å². The van der Waals surface area contributed by atoms with E-state index in [9.17, 15) is 4.79 Å². The Morgan fingerprint density at radius 2 is 1.85 bits per heavy atom. The van der Waals surface area contributed by atoms with E-state index in [0.717, 1.165) is 32.4 Å². The maximum Gasteiger partial charge on any atom is 0.220 e. The third-order valence-electron chi connectivity index (χ3n) is 4.58. The van der Waals surface area contributed by atoms with Gasteiger partial charge in [0.2, 0.25) is 5.91 Å². The van der Waals surface area contributed by atoms with Gasteiger partial charge in [0.1, 0.15) is 5.01 Å². The van der Waals surface area contributed by atoms with Gasteiger partial charge in [0.05, 0.1) is 16.6 Å². The SMILES string of the molecule is Cc1ccc(-c2nc(C)c(C(C)NC(=O)CCc3ccccc3N)s2)cc1. The minimum atomic E-state index is -0.0673. The van der Waals surface area contributed by atoms with Crippen molar-refractivity contribution in [2.75, 3.05) is 5.73 Å². The first-order valence-electron chi connectivity index (χ1n) is 9.11. The van der Waals surface area contributed by atoms with Gasteiger partial charge in [-0.1, -0.05) is 48.0 Å². The first-order valence-corrected chi connectivity index (χ1v) is 9.93. The average molecular weight is 380 g/mol. The molecule has 1 atom stereocenters. The second-order valence-electron chi connectivity index (χ2n) is 6.82. The molecule has 3 rings (SSSR count). The van der Waals surface area contributed by atoms with Gasteiger partial charge in [0.25, 0.3) is 0 Å². The maximum atomic E-state index is 12.4. The smallest absolute Gasteiger partial charge is 0.220 e. The number of rotatable bonds is 6. The lowest BCUT2D eigenvalue weighted by molar-refractivity contribution is -0.121. The fraction of sp³-hybridized carbons (Fsp3) is 0.273. The first-order chi connectivity index (χ1) is 12.9. The molecule has 1 unspecified atom stereocenters. The first kappa shape index (κ1) is 19.1. The zero-order valence-corrected chi connectivity index (χ0v) is 16.8. The summed E-state index contributed by atoms with van der Waals surface area (Å²) in [5, 5.41) is 4.08. The van der Waals surface area contributed by atoms with Gasteiger partial charge in [0.15, 0.2) is 0 Å². The number of nitrogen functional groups attached to an aromatic ring is 1. The minimum absolute atomic E-state index is 0.0236. The molecule has 140 valence electrons. The van der Waals surface area contributed by atoms with Crippen LogP contribution >= 0.6 is 11.3 Å². The number of benzene rings is 2. The summed E-state index contributed by atoms with van der Waals surface area (Å²) in [5.74, 6) is 0.0236. The summed E-state index contributed by atoms with van der Waals surface area (Å²) in [7, 11) is 0. The van der Waals surface area contributed by atoms with E-state index in [1.54, 1.807) is 11.3 Å². The lowest BCUT2D eigenvalue weighted by Crippen LogP contribution is -2.26. The van der Waals surface area contributed by atoms with Crippen LogP contribution in [0.3, 0.4) is 0 Å². The van der Waals surface area contributed by atoms with Crippen molar-refractivity contribution in [3.8, 4) is 10.6 Å². The van der Waals surface area contributed by atoms with Crippen molar-refractivity contribution in [3.63, 3.8) is 0 Å². The number of aromatic nitrogens is 1. The normalized spacial score (nSPS) is 12.0. The Kier molecular flexibility index (Phi) is 5.91. The summed E-state index contributed by atoms with van der Waals surface area (Å²) >= 11 is 1.64. The van der Waals surface area contributed by atoms with Crippen LogP contribution in [0.2, 0.25) is 0 Å². The molecule has 0 saturated carbocycles. The Morgan fingerprint density at radius 3 is 2.56 bits per heavy atom. The zero-order valence-electron chi connectivity index (χ0n) is 16.0. The van der Waals surface area contributed by atoms with Crippen LogP contribution in [0.1, 0.15) is 41.1 Å². The molecule has 3 aromatic rings. The Morgan fingerprint density at radius 1 is 1.15 bits per heavy atom. The molecule has 27 heavy (non-hydrogen) atoms. The number of nitrogens with two attached hydrogens (primary N) is 1. The van der Waals surface area contributed by atoms with Crippen LogP contribution in [-0.2, 0) is 11.2 Å². The number of aryl methyl sites for hydroxylation is 3. The topological polar surface area (TPSA) is 68.0 Å². The van der Waals surface area contributed by atoms with Gasteiger partial charge in [-0.2, -0.15) is 0 Å². The Labute approximate surface area is 164 Å². The highest BCUT2D eigenvalue weighted by molar-refractivity contribution is 7.15. The second-order valence-corrected chi connectivity index (χ2v) is 7.85. The molecule has 5 heteroatoms. The van der Waals surface area contributed by atoms with Gasteiger partial charge >= 0.3 is 0 Å². The van der Waals surface area contributed by atoms with E-state index in [-0.39, 0.29) is 11.9 Å². The van der Waals surface area contributed by atoms with Crippen molar-refractivity contribution in [2.45, 2.75) is 39.7 Å². The second kappa shape index (κ2) is 8.35. The Bertz CT molecular complexity index is 931. The third-order valence-corrected chi connectivity index (χ3v) is 5.97. The molecule has 1 heterocycles. The Hall–Kier alpha value is -2.66. The monoisotopic (exact) mass is 379 g/mol. The maximum absolute atomic E-state index is 12.4. The Balaban J connectivity index is 1.63. The van der Waals surface area contributed by atoms with Gasteiger partial charge < -0.3 is 11.1 Å². The molecule has 0 fully saturated rings. The van der Waals surface area contributed by atoms with Crippen LogP contribution in [0.15, 0.2) is 48.5 Å². The number of hydrogen-bond donors (Lipinski definition) is 2. The highest BCUT2D eigenvalue weighted by Gasteiger charge is 2.17. The van der Waals surface area contributed by atoms with Gasteiger partial charge in [-0.25, -0.2) is 4.98 Å². The number of thiazole rings is 1. The van der Waals surface area contributed by atoms with Gasteiger partial charge in [-0.15, -0.1) is 11.3 Å². The van der Waals surface area contributed by atoms with Crippen LogP contribution in [0.25, 0.3) is 10.6 Å². The van der Waals surface area contributed by atoms with E-state index >= 15 is 0 Å². The molecule has 3 N–H and O–H groups in total. The van der Waals surface area contributed by atoms with Crippen LogP contribution in [0.4, 0.5) is 5.69 Å². The molecule has 4 nitrogen and oxygen atoms in total. The molecule has 1 aromatic heterocycles. The predicted molar refractivity (Wildman–Crippen MR) is 113 cm³/mol. The number of amides is 1. The van der Waals surface area contributed by atoms with E-state index < -0.39 is 0 Å². The number of nitrogens with zero attached hydrogens (tertiary/aromatic N) is 1. The summed E-state index contributed by atoms with van der Waals surface area (Å²) in [4.78, 5) is 18.2. The fourth-order valence-corrected chi connectivity index (χ4v) is 4.09. The highest BCUT2D eigenvalue weighted by atomic mass is 32.1. The number of carbonyl (C=O) groups excluding carboxylic acids is 1. The quantitative estimate of drug-likeness (QED) is 0.603. The van der Waals surface area contributed by atoms with Crippen molar-refractivity contribution in [3.05, 3.63) is 70.2 Å². The van der Waals surface area contributed by atoms with Crippen molar-refractivity contribution in [1.29, 1.82) is 0 Å². The van der Waals surface area contributed by atoms with Gasteiger partial charge in [-0.05, 0) is 38.8 Å². The molecule has 0 aliphatic rings. The van der Waals surface area contributed by atoms with Crippen LogP contribution in [-0.4, -0.2) is 10.9 Å². The zero-order chi connectivity index (χ0) is 19.4. The van der Waals surface area contributed by atoms with Gasteiger partial charge in [-0.3, -0.25) is 4.79 Å². The number of nitrogens with one attached hydrogen (secondary N) is 1. The standard InChI is InChI=1S/C22H25N3OS/c1-14-8-10-18(11-9-14)22-25-16(3)21(27-22)15(2)24-20(26)13-12-17-6-4-5-7-19(17)23/h4-11,15H,12-13,23H2,1-3H3,(H,24,26). The van der Waals surface area contributed by atoms with Crippen molar-refractivity contribution < 1.29 is 4.79 Å². The molecular formula is C22H25N3OS. The molecule has 0 aliphatic carbocycles. The predicted octanol–water partition coefficient (Wildman–Crippen LogP) is 4.82. The number of carbonyl (C=O) groups is 1. The molecule has 2 aromatic carbocycles. The van der Waals surface area contributed by atoms with Crippen LogP contribution in [0, 0.1) is 13.8 Å². The number of hydrogen-bond acceptors (Lipinski definition) is 4. The molecule has 0 aliphatic heterocycles. The summed E-state index contributed by atoms with van der Waals surface area (Å²) in [6.45, 7) is 6.08. The molecule has 0 radical (unpaired) electrons. The summed E-state index contributed by atoms with van der Waals surface area (Å²) < 4.78 is 0. The summed E-state index contributed by atoms with van der Waals surface area (Å²) in [6, 6.07) is 16.0. The van der Waals surface area contributed by atoms with E-state index in [0.29, 0.717) is 12.8 Å². The van der Waals surface area contributed by atoms with E-state index in [4.69, 9.17) is 10.7 Å². The summed E-state index contributed by atoms with van der Waals surface area (Å²) in [6.07, 6.45) is 1.06.